The van der Waals surface area contributed by atoms with Crippen LogP contribution in [0.25, 0.3) is 16.9 Å². The molecule has 0 bridgehead atoms. The lowest BCUT2D eigenvalue weighted by molar-refractivity contribution is 0.583. The van der Waals surface area contributed by atoms with Crippen LogP contribution in [0.3, 0.4) is 0 Å². The number of hydrogen-bond donors (Lipinski definition) is 1. The number of aryl methyl sites for hydroxylation is 2. The van der Waals surface area contributed by atoms with E-state index in [1.807, 2.05) is 0 Å². The molecule has 0 aliphatic carbocycles. The molecule has 4 nitrogen and oxygen atoms in total. The van der Waals surface area contributed by atoms with Crippen molar-refractivity contribution in [3.05, 3.63) is 53.7 Å². The van der Waals surface area contributed by atoms with Crippen molar-refractivity contribution in [3.8, 4) is 11.3 Å². The number of imidazole rings is 1. The summed E-state index contributed by atoms with van der Waals surface area (Å²) in [6, 6.07) is 14.8. The molecule has 0 atom stereocenters. The molecule has 3 aromatic rings. The number of fused-ring (bicyclic) bond motifs is 1. The zero-order valence-electron chi connectivity index (χ0n) is 13.7. The van der Waals surface area contributed by atoms with E-state index in [4.69, 9.17) is 4.98 Å². The smallest absolute Gasteiger partial charge is 0.141 e. The third-order valence-electron chi connectivity index (χ3n) is 4.73. The highest BCUT2D eigenvalue weighted by Gasteiger charge is 2.22. The van der Waals surface area contributed by atoms with Crippen molar-refractivity contribution in [1.29, 1.82) is 0 Å². The molecule has 1 aliphatic rings. The summed E-state index contributed by atoms with van der Waals surface area (Å²) in [5.74, 6) is 1.23. The number of benzene rings is 1. The van der Waals surface area contributed by atoms with Gasteiger partial charge in [0, 0.05) is 37.4 Å². The average Bonchev–Trinajstić information content (AvgIpc) is 3.00. The van der Waals surface area contributed by atoms with Crippen LogP contribution in [0.2, 0.25) is 0 Å². The second-order valence-corrected chi connectivity index (χ2v) is 6.18. The molecule has 2 aromatic heterocycles. The molecule has 3 heterocycles. The van der Waals surface area contributed by atoms with Crippen LogP contribution >= 0.6 is 0 Å². The van der Waals surface area contributed by atoms with Gasteiger partial charge in [0.2, 0.25) is 0 Å². The molecule has 1 aromatic carbocycles. The Morgan fingerprint density at radius 3 is 2.43 bits per heavy atom. The zero-order chi connectivity index (χ0) is 15.8. The molecule has 4 rings (SSSR count). The van der Waals surface area contributed by atoms with Gasteiger partial charge in [-0.3, -0.25) is 4.40 Å². The number of nitrogens with zero attached hydrogens (tertiary/aromatic N) is 3. The molecular weight excluding hydrogens is 284 g/mol. The summed E-state index contributed by atoms with van der Waals surface area (Å²) in [5.41, 5.74) is 5.86. The van der Waals surface area contributed by atoms with Crippen LogP contribution in [0.4, 0.5) is 5.82 Å². The van der Waals surface area contributed by atoms with Crippen molar-refractivity contribution in [1.82, 2.24) is 14.7 Å². The molecule has 4 heteroatoms. The van der Waals surface area contributed by atoms with E-state index in [1.165, 1.54) is 22.6 Å². The molecular formula is C19H22N4. The highest BCUT2D eigenvalue weighted by molar-refractivity contribution is 5.78. The molecule has 23 heavy (non-hydrogen) atoms. The number of pyridine rings is 1. The summed E-state index contributed by atoms with van der Waals surface area (Å²) in [6.07, 6.45) is 0. The molecule has 1 aliphatic heterocycles. The number of nitrogens with one attached hydrogen (secondary N) is 1. The van der Waals surface area contributed by atoms with Gasteiger partial charge >= 0.3 is 0 Å². The minimum atomic E-state index is 1.01. The first-order chi connectivity index (χ1) is 11.3. The Morgan fingerprint density at radius 2 is 1.70 bits per heavy atom. The number of rotatable bonds is 2. The van der Waals surface area contributed by atoms with Gasteiger partial charge in [0.15, 0.2) is 0 Å². The second kappa shape index (κ2) is 5.70. The standard InChI is InChI=1S/C19H22N4/c1-14-8-9-17-21-18(16-6-4-3-5-7-16)19(23(17)15(14)2)22-12-10-20-11-13-22/h3-9,20H,10-13H2,1-2H3. The highest BCUT2D eigenvalue weighted by Crippen LogP contribution is 2.33. The number of anilines is 1. The molecule has 1 N–H and O–H groups in total. The van der Waals surface area contributed by atoms with Crippen LogP contribution < -0.4 is 10.2 Å². The molecule has 0 saturated carbocycles. The van der Waals surface area contributed by atoms with Gasteiger partial charge in [0.05, 0.1) is 0 Å². The average molecular weight is 306 g/mol. The summed E-state index contributed by atoms with van der Waals surface area (Å²) < 4.78 is 2.32. The maximum Gasteiger partial charge on any atom is 0.141 e. The summed E-state index contributed by atoms with van der Waals surface area (Å²) in [6.45, 7) is 8.42. The van der Waals surface area contributed by atoms with E-state index in [2.05, 4.69) is 70.9 Å². The van der Waals surface area contributed by atoms with E-state index >= 15 is 0 Å². The minimum Gasteiger partial charge on any atom is -0.353 e. The van der Waals surface area contributed by atoms with E-state index < -0.39 is 0 Å². The van der Waals surface area contributed by atoms with Crippen LogP contribution in [0.5, 0.6) is 0 Å². The Morgan fingerprint density at radius 1 is 0.957 bits per heavy atom. The fourth-order valence-corrected chi connectivity index (χ4v) is 3.33. The predicted molar refractivity (Wildman–Crippen MR) is 95.2 cm³/mol. The number of piperazine rings is 1. The Kier molecular flexibility index (Phi) is 3.54. The van der Waals surface area contributed by atoms with Crippen molar-refractivity contribution in [2.24, 2.45) is 0 Å². The third kappa shape index (κ3) is 2.39. The van der Waals surface area contributed by atoms with Crippen molar-refractivity contribution in [3.63, 3.8) is 0 Å². The SMILES string of the molecule is Cc1ccc2nc(-c3ccccc3)c(N3CCNCC3)n2c1C. The van der Waals surface area contributed by atoms with Gasteiger partial charge in [0.25, 0.3) is 0 Å². The van der Waals surface area contributed by atoms with Crippen molar-refractivity contribution in [2.45, 2.75) is 13.8 Å². The van der Waals surface area contributed by atoms with Gasteiger partial charge in [-0.05, 0) is 25.5 Å². The van der Waals surface area contributed by atoms with Crippen LogP contribution in [0.15, 0.2) is 42.5 Å². The maximum atomic E-state index is 4.96. The monoisotopic (exact) mass is 306 g/mol. The first kappa shape index (κ1) is 14.3. The van der Waals surface area contributed by atoms with Gasteiger partial charge in [-0.2, -0.15) is 0 Å². The molecule has 0 radical (unpaired) electrons. The normalized spacial score (nSPS) is 15.3. The van der Waals surface area contributed by atoms with Crippen LogP contribution in [-0.4, -0.2) is 35.6 Å². The van der Waals surface area contributed by atoms with Gasteiger partial charge in [-0.1, -0.05) is 36.4 Å². The molecule has 0 unspecified atom stereocenters. The molecule has 118 valence electrons. The lowest BCUT2D eigenvalue weighted by atomic mass is 10.1. The molecule has 0 amide bonds. The first-order valence-corrected chi connectivity index (χ1v) is 8.25. The summed E-state index contributed by atoms with van der Waals surface area (Å²) in [7, 11) is 0. The van der Waals surface area contributed by atoms with E-state index in [0.29, 0.717) is 0 Å². The first-order valence-electron chi connectivity index (χ1n) is 8.25. The second-order valence-electron chi connectivity index (χ2n) is 6.18. The molecule has 0 spiro atoms. The van der Waals surface area contributed by atoms with E-state index in [9.17, 15) is 0 Å². The van der Waals surface area contributed by atoms with Crippen LogP contribution in [0, 0.1) is 13.8 Å². The Hall–Kier alpha value is -2.33. The summed E-state index contributed by atoms with van der Waals surface area (Å²) in [5, 5.41) is 3.44. The van der Waals surface area contributed by atoms with Gasteiger partial charge < -0.3 is 10.2 Å². The highest BCUT2D eigenvalue weighted by atomic mass is 15.3. The lowest BCUT2D eigenvalue weighted by Gasteiger charge is -2.30. The third-order valence-corrected chi connectivity index (χ3v) is 4.73. The number of aromatic nitrogens is 2. The zero-order valence-corrected chi connectivity index (χ0v) is 13.7. The van der Waals surface area contributed by atoms with Crippen molar-refractivity contribution < 1.29 is 0 Å². The predicted octanol–water partition coefficient (Wildman–Crippen LogP) is 3.03. The minimum absolute atomic E-state index is 1.01. The van der Waals surface area contributed by atoms with Gasteiger partial charge in [0.1, 0.15) is 17.2 Å². The van der Waals surface area contributed by atoms with E-state index in [0.717, 1.165) is 37.5 Å². The maximum absolute atomic E-state index is 4.96. The Balaban J connectivity index is 2.00. The summed E-state index contributed by atoms with van der Waals surface area (Å²) in [4.78, 5) is 7.42. The topological polar surface area (TPSA) is 32.6 Å². The largest absolute Gasteiger partial charge is 0.353 e. The van der Waals surface area contributed by atoms with Crippen LogP contribution in [-0.2, 0) is 0 Å². The fraction of sp³-hybridized carbons (Fsp3) is 0.316. The Bertz CT molecular complexity index is 829. The van der Waals surface area contributed by atoms with E-state index in [1.54, 1.807) is 0 Å². The quantitative estimate of drug-likeness (QED) is 0.790. The van der Waals surface area contributed by atoms with Crippen molar-refractivity contribution in [2.75, 3.05) is 31.1 Å². The summed E-state index contributed by atoms with van der Waals surface area (Å²) >= 11 is 0. The van der Waals surface area contributed by atoms with Crippen LogP contribution in [0.1, 0.15) is 11.3 Å². The van der Waals surface area contributed by atoms with Gasteiger partial charge in [-0.25, -0.2) is 4.98 Å². The molecule has 1 fully saturated rings. The fourth-order valence-electron chi connectivity index (χ4n) is 3.33. The Labute approximate surface area is 136 Å². The van der Waals surface area contributed by atoms with Gasteiger partial charge in [-0.15, -0.1) is 0 Å². The van der Waals surface area contributed by atoms with Crippen molar-refractivity contribution >= 4 is 11.5 Å². The van der Waals surface area contributed by atoms with E-state index in [-0.39, 0.29) is 0 Å². The number of hydrogen-bond acceptors (Lipinski definition) is 3. The lowest BCUT2D eigenvalue weighted by Crippen LogP contribution is -2.44. The molecule has 1 saturated heterocycles.